The monoisotopic (exact) mass is 622 g/mol. The Kier molecular flexibility index (Phi) is 5.59. The number of nitriles is 2. The van der Waals surface area contributed by atoms with Crippen LogP contribution in [0.3, 0.4) is 0 Å². The van der Waals surface area contributed by atoms with Crippen LogP contribution in [0.1, 0.15) is 33.4 Å². The Hall–Kier alpha value is -6.88. The maximum atomic E-state index is 10.6. The number of rotatable bonds is 2. The molecule has 1 spiro atoms. The number of para-hydroxylation sites is 4. The molecule has 10 rings (SSSR count). The second-order valence-corrected chi connectivity index (χ2v) is 12.7. The fraction of sp³-hybridized carbons (Fsp3) is 0.0222. The van der Waals surface area contributed by atoms with Crippen molar-refractivity contribution >= 4 is 38.9 Å². The highest BCUT2D eigenvalue weighted by atomic mass is 15.2. The van der Waals surface area contributed by atoms with E-state index in [1.807, 2.05) is 30.3 Å². The van der Waals surface area contributed by atoms with Crippen molar-refractivity contribution in [1.82, 2.24) is 4.57 Å². The number of anilines is 3. The standard InChI is InChI=1S/C45H26N4/c46-27-29-25-30(26-44(35(29)28-47)49-40-21-9-3-15-33(40)34-16-4-10-22-41(34)49)48-42-23-11-7-19-38(42)45(39-20-8-12-24-43(39)48)36-17-5-1-13-31(36)32-14-2-6-18-37(32)45/h1-26H. The molecular formula is C45H26N4. The van der Waals surface area contributed by atoms with Crippen molar-refractivity contribution in [2.75, 3.05) is 4.90 Å². The van der Waals surface area contributed by atoms with Gasteiger partial charge in [0.05, 0.1) is 44.6 Å². The molecule has 0 bridgehead atoms. The molecule has 0 radical (unpaired) electrons. The molecule has 0 amide bonds. The molecule has 0 fully saturated rings. The molecule has 0 unspecified atom stereocenters. The van der Waals surface area contributed by atoms with E-state index in [0.717, 1.165) is 38.9 Å². The van der Waals surface area contributed by atoms with Crippen LogP contribution in [-0.4, -0.2) is 4.57 Å². The summed E-state index contributed by atoms with van der Waals surface area (Å²) in [5.74, 6) is 0. The van der Waals surface area contributed by atoms with Crippen molar-refractivity contribution in [2.24, 2.45) is 0 Å². The number of hydrogen-bond acceptors (Lipinski definition) is 3. The second-order valence-electron chi connectivity index (χ2n) is 12.7. The molecule has 1 aliphatic carbocycles. The lowest BCUT2D eigenvalue weighted by Gasteiger charge is -2.45. The highest BCUT2D eigenvalue weighted by molar-refractivity contribution is 6.09. The van der Waals surface area contributed by atoms with Crippen LogP contribution < -0.4 is 4.90 Å². The lowest BCUT2D eigenvalue weighted by atomic mass is 9.64. The number of nitrogens with zero attached hydrogens (tertiary/aromatic N) is 4. The largest absolute Gasteiger partial charge is 0.310 e. The first kappa shape index (κ1) is 27.3. The van der Waals surface area contributed by atoms with Crippen LogP contribution in [0.2, 0.25) is 0 Å². The quantitative estimate of drug-likeness (QED) is 0.193. The molecule has 226 valence electrons. The molecule has 1 aromatic heterocycles. The topological polar surface area (TPSA) is 55.8 Å². The van der Waals surface area contributed by atoms with E-state index in [2.05, 4.69) is 149 Å². The summed E-state index contributed by atoms with van der Waals surface area (Å²) in [7, 11) is 0. The average Bonchev–Trinajstić information content (AvgIpc) is 3.66. The van der Waals surface area contributed by atoms with Gasteiger partial charge in [0.25, 0.3) is 0 Å². The van der Waals surface area contributed by atoms with Crippen molar-refractivity contribution in [3.63, 3.8) is 0 Å². The van der Waals surface area contributed by atoms with E-state index in [9.17, 15) is 10.5 Å². The molecule has 2 heterocycles. The van der Waals surface area contributed by atoms with E-state index < -0.39 is 5.41 Å². The van der Waals surface area contributed by atoms with Crippen LogP contribution in [0, 0.1) is 22.7 Å². The Morgan fingerprint density at radius 2 is 0.918 bits per heavy atom. The third-order valence-corrected chi connectivity index (χ3v) is 10.5. The first-order valence-electron chi connectivity index (χ1n) is 16.4. The summed E-state index contributed by atoms with van der Waals surface area (Å²) >= 11 is 0. The number of benzene rings is 7. The lowest BCUT2D eigenvalue weighted by Crippen LogP contribution is -2.36. The highest BCUT2D eigenvalue weighted by Crippen LogP contribution is 2.63. The van der Waals surface area contributed by atoms with E-state index in [-0.39, 0.29) is 0 Å². The maximum Gasteiger partial charge on any atom is 0.103 e. The predicted molar refractivity (Wildman–Crippen MR) is 196 cm³/mol. The molecule has 8 aromatic rings. The number of fused-ring (bicyclic) bond motifs is 12. The van der Waals surface area contributed by atoms with Gasteiger partial charge in [-0.05, 0) is 69.8 Å². The maximum absolute atomic E-state index is 10.6. The van der Waals surface area contributed by atoms with Gasteiger partial charge in [0.1, 0.15) is 12.1 Å². The Labute approximate surface area is 283 Å². The molecular weight excluding hydrogens is 597 g/mol. The van der Waals surface area contributed by atoms with Crippen LogP contribution in [0.25, 0.3) is 38.6 Å². The molecule has 0 atom stereocenters. The van der Waals surface area contributed by atoms with Crippen LogP contribution in [0.5, 0.6) is 0 Å². The van der Waals surface area contributed by atoms with Crippen molar-refractivity contribution in [1.29, 1.82) is 10.5 Å². The van der Waals surface area contributed by atoms with Gasteiger partial charge in [0, 0.05) is 16.5 Å². The van der Waals surface area contributed by atoms with Gasteiger partial charge in [0.15, 0.2) is 0 Å². The molecule has 4 heteroatoms. The molecule has 1 aliphatic heterocycles. The van der Waals surface area contributed by atoms with Gasteiger partial charge >= 0.3 is 0 Å². The summed E-state index contributed by atoms with van der Waals surface area (Å²) in [6.07, 6.45) is 0. The van der Waals surface area contributed by atoms with Gasteiger partial charge in [-0.25, -0.2) is 0 Å². The molecule has 7 aromatic carbocycles. The molecule has 0 saturated heterocycles. The normalized spacial score (nSPS) is 13.4. The lowest BCUT2D eigenvalue weighted by molar-refractivity contribution is 0.752. The molecule has 49 heavy (non-hydrogen) atoms. The number of aromatic nitrogens is 1. The van der Waals surface area contributed by atoms with Crippen LogP contribution in [0.4, 0.5) is 17.1 Å². The summed E-state index contributed by atoms with van der Waals surface area (Å²) in [5, 5.41) is 23.4. The fourth-order valence-corrected chi connectivity index (χ4v) is 8.65. The summed E-state index contributed by atoms with van der Waals surface area (Å²) in [5.41, 5.74) is 13.1. The van der Waals surface area contributed by atoms with Crippen molar-refractivity contribution in [3.8, 4) is 29.0 Å². The third-order valence-electron chi connectivity index (χ3n) is 10.5. The Morgan fingerprint density at radius 1 is 0.449 bits per heavy atom. The van der Waals surface area contributed by atoms with E-state index in [1.165, 1.54) is 33.4 Å². The van der Waals surface area contributed by atoms with E-state index >= 15 is 0 Å². The first-order valence-corrected chi connectivity index (χ1v) is 16.4. The van der Waals surface area contributed by atoms with E-state index in [0.29, 0.717) is 16.8 Å². The fourth-order valence-electron chi connectivity index (χ4n) is 8.65. The van der Waals surface area contributed by atoms with Gasteiger partial charge in [-0.2, -0.15) is 10.5 Å². The number of hydrogen-bond donors (Lipinski definition) is 0. The zero-order valence-electron chi connectivity index (χ0n) is 26.3. The zero-order valence-corrected chi connectivity index (χ0v) is 26.3. The first-order chi connectivity index (χ1) is 24.3. The smallest absolute Gasteiger partial charge is 0.103 e. The van der Waals surface area contributed by atoms with Gasteiger partial charge in [-0.15, -0.1) is 0 Å². The molecule has 2 aliphatic rings. The Morgan fingerprint density at radius 3 is 1.45 bits per heavy atom. The molecule has 0 N–H and O–H groups in total. The molecule has 4 nitrogen and oxygen atoms in total. The van der Waals surface area contributed by atoms with Crippen LogP contribution in [0.15, 0.2) is 158 Å². The van der Waals surface area contributed by atoms with Crippen molar-refractivity contribution in [2.45, 2.75) is 5.41 Å². The molecule has 0 saturated carbocycles. The Bertz CT molecular complexity index is 2620. The zero-order chi connectivity index (χ0) is 32.7. The van der Waals surface area contributed by atoms with Gasteiger partial charge in [0.2, 0.25) is 0 Å². The van der Waals surface area contributed by atoms with Crippen LogP contribution in [-0.2, 0) is 5.41 Å². The van der Waals surface area contributed by atoms with Crippen molar-refractivity contribution < 1.29 is 0 Å². The highest BCUT2D eigenvalue weighted by Gasteiger charge is 2.51. The van der Waals surface area contributed by atoms with Gasteiger partial charge in [-0.3, -0.25) is 0 Å². The summed E-state index contributed by atoms with van der Waals surface area (Å²) in [6.45, 7) is 0. The predicted octanol–water partition coefficient (Wildman–Crippen LogP) is 10.7. The Balaban J connectivity index is 1.31. The van der Waals surface area contributed by atoms with Gasteiger partial charge < -0.3 is 9.47 Å². The van der Waals surface area contributed by atoms with E-state index in [1.54, 1.807) is 0 Å². The average molecular weight is 623 g/mol. The summed E-state index contributed by atoms with van der Waals surface area (Å²) < 4.78 is 2.14. The third kappa shape index (κ3) is 3.45. The minimum Gasteiger partial charge on any atom is -0.310 e. The minimum atomic E-state index is -0.531. The second kappa shape index (κ2) is 10.1. The van der Waals surface area contributed by atoms with E-state index in [4.69, 9.17) is 0 Å². The van der Waals surface area contributed by atoms with Crippen LogP contribution >= 0.6 is 0 Å². The van der Waals surface area contributed by atoms with Crippen molar-refractivity contribution in [3.05, 3.63) is 191 Å². The van der Waals surface area contributed by atoms with Gasteiger partial charge in [-0.1, -0.05) is 121 Å². The minimum absolute atomic E-state index is 0.337. The SMILES string of the molecule is N#Cc1cc(N2c3ccccc3C3(c4ccccc4-c4ccccc43)c3ccccc32)cc(-n2c3ccccc3c3ccccc32)c1C#N. The summed E-state index contributed by atoms with van der Waals surface area (Å²) in [6, 6.07) is 60.1. The summed E-state index contributed by atoms with van der Waals surface area (Å²) in [4.78, 5) is 2.28.